The molecule has 0 spiro atoms. The molecule has 7 nitrogen and oxygen atoms in total. The van der Waals surface area contributed by atoms with E-state index in [2.05, 4.69) is 27.5 Å². The molecule has 0 unspecified atom stereocenters. The Morgan fingerprint density at radius 1 is 1.19 bits per heavy atom. The van der Waals surface area contributed by atoms with Gasteiger partial charge in [-0.1, -0.05) is 35.5 Å². The third-order valence-corrected chi connectivity index (χ3v) is 7.03. The zero-order chi connectivity index (χ0) is 21.8. The smallest absolute Gasteiger partial charge is 0.256 e. The van der Waals surface area contributed by atoms with Gasteiger partial charge < -0.3 is 19.7 Å². The molecule has 1 saturated heterocycles. The van der Waals surface area contributed by atoms with Crippen LogP contribution in [0.1, 0.15) is 53.1 Å². The van der Waals surface area contributed by atoms with E-state index in [1.54, 1.807) is 13.8 Å². The summed E-state index contributed by atoms with van der Waals surface area (Å²) in [6.45, 7) is 7.24. The summed E-state index contributed by atoms with van der Waals surface area (Å²) >= 11 is 0. The summed E-state index contributed by atoms with van der Waals surface area (Å²) in [6.07, 6.45) is 2.94. The van der Waals surface area contributed by atoms with E-state index in [1.165, 1.54) is 5.56 Å². The number of aromatic nitrogens is 1. The van der Waals surface area contributed by atoms with Gasteiger partial charge in [-0.15, -0.1) is 0 Å². The quantitative estimate of drug-likeness (QED) is 0.713. The first kappa shape index (κ1) is 22.0. The van der Waals surface area contributed by atoms with Crippen LogP contribution < -0.4 is 5.32 Å². The maximum atomic E-state index is 12.9. The average Bonchev–Trinajstić information content (AvgIpc) is 3.04. The standard InChI is InChI=1S/C24H33N3O4/c1-17-22(18(2)31-26-17)23(29)25-16-24(19-6-4-3-5-7-19)10-8-20(21(28)9-11-24)27-12-14-30-15-13-27/h3-7,20-21,28H,8-16H2,1-2H3,(H,25,29)/t20-,21-,24-/m1/s1. The summed E-state index contributed by atoms with van der Waals surface area (Å²) in [6, 6.07) is 10.5. The molecule has 7 heteroatoms. The van der Waals surface area contributed by atoms with Crippen LogP contribution in [-0.2, 0) is 10.2 Å². The van der Waals surface area contributed by atoms with Gasteiger partial charge in [0.15, 0.2) is 0 Å². The first-order chi connectivity index (χ1) is 15.0. The highest BCUT2D eigenvalue weighted by molar-refractivity contribution is 5.96. The van der Waals surface area contributed by atoms with Gasteiger partial charge in [-0.25, -0.2) is 0 Å². The number of hydrogen-bond acceptors (Lipinski definition) is 6. The highest BCUT2D eigenvalue weighted by atomic mass is 16.5. The Balaban J connectivity index is 1.55. The minimum atomic E-state index is -0.373. The van der Waals surface area contributed by atoms with Crippen molar-refractivity contribution < 1.29 is 19.2 Å². The molecule has 2 aliphatic rings. The van der Waals surface area contributed by atoms with E-state index in [-0.39, 0.29) is 23.5 Å². The number of aliphatic hydroxyl groups is 1. The fourth-order valence-corrected chi connectivity index (χ4v) is 5.20. The van der Waals surface area contributed by atoms with Crippen LogP contribution >= 0.6 is 0 Å². The Hall–Kier alpha value is -2.22. The van der Waals surface area contributed by atoms with Crippen LogP contribution in [0.25, 0.3) is 0 Å². The molecule has 1 amide bonds. The molecule has 2 fully saturated rings. The van der Waals surface area contributed by atoms with Crippen LogP contribution in [0.5, 0.6) is 0 Å². The number of hydrogen-bond donors (Lipinski definition) is 2. The van der Waals surface area contributed by atoms with Crippen molar-refractivity contribution in [2.75, 3.05) is 32.8 Å². The van der Waals surface area contributed by atoms with Crippen LogP contribution in [0.2, 0.25) is 0 Å². The van der Waals surface area contributed by atoms with Crippen molar-refractivity contribution in [3.63, 3.8) is 0 Å². The molecule has 0 bridgehead atoms. The molecule has 4 rings (SSSR count). The van der Waals surface area contributed by atoms with E-state index in [4.69, 9.17) is 9.26 Å². The SMILES string of the molecule is Cc1noc(C)c1C(=O)NC[C@]1(c2ccccc2)CC[C@@H](O)[C@H](N2CCOCC2)CC1. The van der Waals surface area contributed by atoms with E-state index in [9.17, 15) is 9.90 Å². The van der Waals surface area contributed by atoms with Crippen molar-refractivity contribution in [3.8, 4) is 0 Å². The Bertz CT molecular complexity index is 859. The molecule has 0 radical (unpaired) electrons. The molecule has 2 N–H and O–H groups in total. The Labute approximate surface area is 183 Å². The van der Waals surface area contributed by atoms with Crippen molar-refractivity contribution >= 4 is 5.91 Å². The number of nitrogens with one attached hydrogen (secondary N) is 1. The number of nitrogens with zero attached hydrogens (tertiary/aromatic N) is 2. The monoisotopic (exact) mass is 427 g/mol. The summed E-state index contributed by atoms with van der Waals surface area (Å²) in [5, 5.41) is 18.1. The summed E-state index contributed by atoms with van der Waals surface area (Å²) in [4.78, 5) is 15.3. The summed E-state index contributed by atoms with van der Waals surface area (Å²) in [5.74, 6) is 0.383. The molecule has 168 valence electrons. The number of rotatable bonds is 5. The predicted molar refractivity (Wildman–Crippen MR) is 117 cm³/mol. The van der Waals surface area contributed by atoms with Crippen LogP contribution in [0.3, 0.4) is 0 Å². The van der Waals surface area contributed by atoms with Crippen molar-refractivity contribution in [2.24, 2.45) is 0 Å². The zero-order valence-electron chi connectivity index (χ0n) is 18.5. The lowest BCUT2D eigenvalue weighted by atomic mass is 9.74. The van der Waals surface area contributed by atoms with Gasteiger partial charge in [-0.2, -0.15) is 0 Å². The molecule has 1 aliphatic heterocycles. The number of benzene rings is 1. The fourth-order valence-electron chi connectivity index (χ4n) is 5.20. The van der Waals surface area contributed by atoms with Crippen LogP contribution in [0, 0.1) is 13.8 Å². The molecule has 3 atom stereocenters. The minimum absolute atomic E-state index is 0.132. The Morgan fingerprint density at radius 2 is 1.90 bits per heavy atom. The van der Waals surface area contributed by atoms with Gasteiger partial charge in [0.1, 0.15) is 11.3 Å². The highest BCUT2D eigenvalue weighted by Crippen LogP contribution is 2.39. The van der Waals surface area contributed by atoms with Crippen LogP contribution in [-0.4, -0.2) is 66.1 Å². The average molecular weight is 428 g/mol. The topological polar surface area (TPSA) is 87.8 Å². The summed E-state index contributed by atoms with van der Waals surface area (Å²) in [7, 11) is 0. The van der Waals surface area contributed by atoms with Crippen molar-refractivity contribution in [2.45, 2.75) is 57.1 Å². The second kappa shape index (κ2) is 9.51. The summed E-state index contributed by atoms with van der Waals surface area (Å²) < 4.78 is 10.7. The maximum Gasteiger partial charge on any atom is 0.256 e. The number of ether oxygens (including phenoxy) is 1. The van der Waals surface area contributed by atoms with E-state index in [1.807, 2.05) is 18.2 Å². The number of morpholine rings is 1. The van der Waals surface area contributed by atoms with E-state index >= 15 is 0 Å². The minimum Gasteiger partial charge on any atom is -0.391 e. The van der Waals surface area contributed by atoms with E-state index in [0.717, 1.165) is 45.6 Å². The van der Waals surface area contributed by atoms with E-state index in [0.29, 0.717) is 30.0 Å². The van der Waals surface area contributed by atoms with Crippen molar-refractivity contribution in [1.82, 2.24) is 15.4 Å². The Kier molecular flexibility index (Phi) is 6.74. The van der Waals surface area contributed by atoms with Gasteiger partial charge in [0.05, 0.1) is 25.0 Å². The first-order valence-electron chi connectivity index (χ1n) is 11.3. The van der Waals surface area contributed by atoms with Gasteiger partial charge >= 0.3 is 0 Å². The predicted octanol–water partition coefficient (Wildman–Crippen LogP) is 2.59. The molecule has 1 aromatic carbocycles. The third kappa shape index (κ3) is 4.68. The molecule has 2 aromatic rings. The fraction of sp³-hybridized carbons (Fsp3) is 0.583. The zero-order valence-corrected chi connectivity index (χ0v) is 18.5. The van der Waals surface area contributed by atoms with Crippen LogP contribution in [0.15, 0.2) is 34.9 Å². The van der Waals surface area contributed by atoms with Gasteiger partial charge in [-0.3, -0.25) is 9.69 Å². The lowest BCUT2D eigenvalue weighted by Crippen LogP contribution is -2.48. The Morgan fingerprint density at radius 3 is 2.58 bits per heavy atom. The largest absolute Gasteiger partial charge is 0.391 e. The number of aliphatic hydroxyl groups excluding tert-OH is 1. The number of aryl methyl sites for hydroxylation is 2. The third-order valence-electron chi connectivity index (χ3n) is 7.03. The van der Waals surface area contributed by atoms with Gasteiger partial charge in [-0.05, 0) is 45.1 Å². The van der Waals surface area contributed by atoms with Crippen molar-refractivity contribution in [3.05, 3.63) is 52.9 Å². The molecule has 31 heavy (non-hydrogen) atoms. The molecule has 1 aromatic heterocycles. The van der Waals surface area contributed by atoms with E-state index < -0.39 is 0 Å². The van der Waals surface area contributed by atoms with Crippen molar-refractivity contribution in [1.29, 1.82) is 0 Å². The molecular weight excluding hydrogens is 394 g/mol. The second-order valence-corrected chi connectivity index (χ2v) is 8.89. The van der Waals surface area contributed by atoms with Crippen LogP contribution in [0.4, 0.5) is 0 Å². The second-order valence-electron chi connectivity index (χ2n) is 8.89. The normalized spacial score (nSPS) is 27.6. The molecule has 1 saturated carbocycles. The molecule has 2 heterocycles. The highest BCUT2D eigenvalue weighted by Gasteiger charge is 2.40. The molecule has 1 aliphatic carbocycles. The number of carbonyl (C=O) groups is 1. The lowest BCUT2D eigenvalue weighted by molar-refractivity contribution is -0.0236. The van der Waals surface area contributed by atoms with Gasteiger partial charge in [0, 0.05) is 31.1 Å². The number of amides is 1. The maximum absolute atomic E-state index is 12.9. The van der Waals surface area contributed by atoms with Gasteiger partial charge in [0.25, 0.3) is 5.91 Å². The summed E-state index contributed by atoms with van der Waals surface area (Å²) in [5.41, 5.74) is 2.11. The number of carbonyl (C=O) groups excluding carboxylic acids is 1. The molecular formula is C24H33N3O4. The van der Waals surface area contributed by atoms with Gasteiger partial charge in [0.2, 0.25) is 0 Å². The first-order valence-corrected chi connectivity index (χ1v) is 11.3. The lowest BCUT2D eigenvalue weighted by Gasteiger charge is -2.37.